The Bertz CT molecular complexity index is 353. The van der Waals surface area contributed by atoms with E-state index in [4.69, 9.17) is 11.6 Å². The zero-order valence-electron chi connectivity index (χ0n) is 8.73. The molecule has 1 rings (SSSR count). The highest BCUT2D eigenvalue weighted by atomic mass is 35.5. The summed E-state index contributed by atoms with van der Waals surface area (Å²) < 4.78 is 4.43. The van der Waals surface area contributed by atoms with E-state index in [0.29, 0.717) is 6.42 Å². The van der Waals surface area contributed by atoms with Crippen LogP contribution in [-0.4, -0.2) is 30.9 Å². The standard InChI is InChI=1S/C10H12ClNO3S/c1-15-10(14)8(11)5-12-9(13)4-7-2-3-16-6-7/h2-3,6,8H,4-5H2,1H3,(H,12,13). The van der Waals surface area contributed by atoms with Crippen LogP contribution in [-0.2, 0) is 20.7 Å². The fourth-order valence-electron chi connectivity index (χ4n) is 1.06. The van der Waals surface area contributed by atoms with E-state index in [9.17, 15) is 9.59 Å². The van der Waals surface area contributed by atoms with E-state index in [1.807, 2.05) is 16.8 Å². The number of alkyl halides is 1. The van der Waals surface area contributed by atoms with Gasteiger partial charge in [0.05, 0.1) is 13.5 Å². The Morgan fingerprint density at radius 2 is 2.38 bits per heavy atom. The smallest absolute Gasteiger partial charge is 0.325 e. The van der Waals surface area contributed by atoms with E-state index >= 15 is 0 Å². The number of carbonyl (C=O) groups is 2. The van der Waals surface area contributed by atoms with Crippen LogP contribution < -0.4 is 5.32 Å². The summed E-state index contributed by atoms with van der Waals surface area (Å²) in [6.07, 6.45) is 0.300. The van der Waals surface area contributed by atoms with Gasteiger partial charge >= 0.3 is 5.97 Å². The highest BCUT2D eigenvalue weighted by Gasteiger charge is 2.16. The molecule has 1 aromatic rings. The highest BCUT2D eigenvalue weighted by molar-refractivity contribution is 7.07. The number of carbonyl (C=O) groups excluding carboxylic acids is 2. The molecule has 1 atom stereocenters. The maximum atomic E-state index is 11.4. The molecule has 0 aliphatic rings. The van der Waals surface area contributed by atoms with E-state index in [0.717, 1.165) is 5.56 Å². The fourth-order valence-corrected chi connectivity index (χ4v) is 1.89. The number of nitrogens with one attached hydrogen (secondary N) is 1. The van der Waals surface area contributed by atoms with Gasteiger partial charge < -0.3 is 10.1 Å². The Kier molecular flexibility index (Phi) is 5.28. The largest absolute Gasteiger partial charge is 0.468 e. The average Bonchev–Trinajstić information content (AvgIpc) is 2.77. The number of hydrogen-bond acceptors (Lipinski definition) is 4. The molecule has 1 N–H and O–H groups in total. The van der Waals surface area contributed by atoms with Crippen LogP contribution >= 0.6 is 22.9 Å². The molecule has 4 nitrogen and oxygen atoms in total. The molecule has 1 heterocycles. The molecule has 0 spiro atoms. The summed E-state index contributed by atoms with van der Waals surface area (Å²) in [6, 6.07) is 1.88. The molecule has 1 amide bonds. The zero-order valence-corrected chi connectivity index (χ0v) is 10.3. The number of methoxy groups -OCH3 is 1. The molecule has 0 saturated heterocycles. The van der Waals surface area contributed by atoms with Crippen LogP contribution in [0.3, 0.4) is 0 Å². The van der Waals surface area contributed by atoms with Crippen molar-refractivity contribution in [2.24, 2.45) is 0 Å². The van der Waals surface area contributed by atoms with Crippen LogP contribution in [0, 0.1) is 0 Å². The van der Waals surface area contributed by atoms with Gasteiger partial charge in [-0.15, -0.1) is 11.6 Å². The molecule has 0 aliphatic heterocycles. The topological polar surface area (TPSA) is 55.4 Å². The second kappa shape index (κ2) is 6.50. The predicted molar refractivity (Wildman–Crippen MR) is 62.7 cm³/mol. The number of halogens is 1. The second-order valence-electron chi connectivity index (χ2n) is 3.10. The number of esters is 1. The van der Waals surface area contributed by atoms with Crippen molar-refractivity contribution in [3.63, 3.8) is 0 Å². The van der Waals surface area contributed by atoms with Gasteiger partial charge in [0.25, 0.3) is 0 Å². The third-order valence-electron chi connectivity index (χ3n) is 1.88. The molecular formula is C10H12ClNO3S. The van der Waals surface area contributed by atoms with Gasteiger partial charge in [-0.25, -0.2) is 0 Å². The lowest BCUT2D eigenvalue weighted by atomic mass is 10.2. The number of hydrogen-bond donors (Lipinski definition) is 1. The summed E-state index contributed by atoms with van der Waals surface area (Å²) in [5, 5.41) is 5.54. The van der Waals surface area contributed by atoms with E-state index < -0.39 is 11.3 Å². The maximum absolute atomic E-state index is 11.4. The quantitative estimate of drug-likeness (QED) is 0.640. The van der Waals surface area contributed by atoms with E-state index in [1.54, 1.807) is 0 Å². The Balaban J connectivity index is 2.28. The first kappa shape index (κ1) is 13.0. The average molecular weight is 262 g/mol. The summed E-state index contributed by atoms with van der Waals surface area (Å²) in [5.41, 5.74) is 0.951. The second-order valence-corrected chi connectivity index (χ2v) is 4.41. The van der Waals surface area contributed by atoms with Gasteiger partial charge in [-0.1, -0.05) is 0 Å². The van der Waals surface area contributed by atoms with Gasteiger partial charge in [-0.3, -0.25) is 9.59 Å². The highest BCUT2D eigenvalue weighted by Crippen LogP contribution is 2.06. The van der Waals surface area contributed by atoms with Gasteiger partial charge in [0.15, 0.2) is 0 Å². The predicted octanol–water partition coefficient (Wildman–Crippen LogP) is 1.19. The molecule has 16 heavy (non-hydrogen) atoms. The Labute approximate surface area is 103 Å². The van der Waals surface area contributed by atoms with Crippen molar-refractivity contribution >= 4 is 34.8 Å². The Hall–Kier alpha value is -1.07. The SMILES string of the molecule is COC(=O)C(Cl)CNC(=O)Cc1ccsc1. The minimum Gasteiger partial charge on any atom is -0.468 e. The third kappa shape index (κ3) is 4.20. The van der Waals surface area contributed by atoms with Crippen LogP contribution in [0.15, 0.2) is 16.8 Å². The lowest BCUT2D eigenvalue weighted by Crippen LogP contribution is -2.34. The van der Waals surface area contributed by atoms with E-state index in [2.05, 4.69) is 10.1 Å². The zero-order chi connectivity index (χ0) is 12.0. The first-order valence-electron chi connectivity index (χ1n) is 4.63. The van der Waals surface area contributed by atoms with E-state index in [1.165, 1.54) is 18.4 Å². The minimum atomic E-state index is -0.837. The van der Waals surface area contributed by atoms with Crippen LogP contribution in [0.5, 0.6) is 0 Å². The van der Waals surface area contributed by atoms with Crippen molar-refractivity contribution in [2.75, 3.05) is 13.7 Å². The first-order chi connectivity index (χ1) is 7.63. The molecule has 88 valence electrons. The monoisotopic (exact) mass is 261 g/mol. The van der Waals surface area contributed by atoms with Gasteiger partial charge in [0.1, 0.15) is 5.38 Å². The van der Waals surface area contributed by atoms with Crippen molar-refractivity contribution in [3.05, 3.63) is 22.4 Å². The third-order valence-corrected chi connectivity index (χ3v) is 2.94. The number of ether oxygens (including phenoxy) is 1. The van der Waals surface area contributed by atoms with Crippen molar-refractivity contribution < 1.29 is 14.3 Å². The van der Waals surface area contributed by atoms with Crippen LogP contribution in [0.4, 0.5) is 0 Å². The molecule has 0 bridgehead atoms. The summed E-state index contributed by atoms with van der Waals surface area (Å²) in [4.78, 5) is 22.3. The van der Waals surface area contributed by atoms with Crippen molar-refractivity contribution in [3.8, 4) is 0 Å². The fraction of sp³-hybridized carbons (Fsp3) is 0.400. The molecule has 0 fully saturated rings. The molecule has 6 heteroatoms. The summed E-state index contributed by atoms with van der Waals surface area (Å²) in [5.74, 6) is -0.703. The molecule has 0 aromatic carbocycles. The van der Waals surface area contributed by atoms with Crippen molar-refractivity contribution in [1.82, 2.24) is 5.32 Å². The summed E-state index contributed by atoms with van der Waals surface area (Å²) >= 11 is 7.20. The van der Waals surface area contributed by atoms with Crippen LogP contribution in [0.1, 0.15) is 5.56 Å². The molecule has 0 aliphatic carbocycles. The number of thiophene rings is 1. The molecule has 1 unspecified atom stereocenters. The Morgan fingerprint density at radius 1 is 1.62 bits per heavy atom. The van der Waals surface area contributed by atoms with Crippen LogP contribution in [0.25, 0.3) is 0 Å². The van der Waals surface area contributed by atoms with Gasteiger partial charge in [0, 0.05) is 6.54 Å². The number of rotatable bonds is 5. The lowest BCUT2D eigenvalue weighted by Gasteiger charge is -2.08. The maximum Gasteiger partial charge on any atom is 0.325 e. The molecule has 1 aromatic heterocycles. The summed E-state index contributed by atoms with van der Waals surface area (Å²) in [6.45, 7) is 0.0806. The normalized spacial score (nSPS) is 11.9. The van der Waals surface area contributed by atoms with Gasteiger partial charge in [-0.05, 0) is 22.4 Å². The summed E-state index contributed by atoms with van der Waals surface area (Å²) in [7, 11) is 1.25. The first-order valence-corrected chi connectivity index (χ1v) is 6.01. The number of amides is 1. The minimum absolute atomic E-state index is 0.0806. The van der Waals surface area contributed by atoms with Crippen molar-refractivity contribution in [1.29, 1.82) is 0 Å². The van der Waals surface area contributed by atoms with Gasteiger partial charge in [-0.2, -0.15) is 11.3 Å². The molecular weight excluding hydrogens is 250 g/mol. The Morgan fingerprint density at radius 3 is 2.94 bits per heavy atom. The van der Waals surface area contributed by atoms with Crippen molar-refractivity contribution in [2.45, 2.75) is 11.8 Å². The lowest BCUT2D eigenvalue weighted by molar-refractivity contribution is -0.140. The molecule has 0 radical (unpaired) electrons. The van der Waals surface area contributed by atoms with Crippen LogP contribution in [0.2, 0.25) is 0 Å². The van der Waals surface area contributed by atoms with E-state index in [-0.39, 0.29) is 12.5 Å². The molecule has 0 saturated carbocycles. The van der Waals surface area contributed by atoms with Gasteiger partial charge in [0.2, 0.25) is 5.91 Å².